The predicted molar refractivity (Wildman–Crippen MR) is 100 cm³/mol. The van der Waals surface area contributed by atoms with Crippen molar-refractivity contribution in [2.75, 3.05) is 13.1 Å². The zero-order chi connectivity index (χ0) is 18.8. The van der Waals surface area contributed by atoms with Crippen LogP contribution in [0.15, 0.2) is 28.8 Å². The smallest absolute Gasteiger partial charge is 0.295 e. The van der Waals surface area contributed by atoms with Gasteiger partial charge in [0.05, 0.1) is 22.5 Å². The number of amides is 1. The summed E-state index contributed by atoms with van der Waals surface area (Å²) in [6.45, 7) is 8.50. The Labute approximate surface area is 152 Å². The molecule has 0 bridgehead atoms. The number of rotatable bonds is 6. The van der Waals surface area contributed by atoms with Gasteiger partial charge in [0.2, 0.25) is 0 Å². The van der Waals surface area contributed by atoms with Crippen molar-refractivity contribution in [1.29, 1.82) is 0 Å². The highest BCUT2D eigenvalue weighted by Gasteiger charge is 2.30. The van der Waals surface area contributed by atoms with Crippen LogP contribution in [0, 0.1) is 6.92 Å². The molecule has 0 fully saturated rings. The molecule has 2 aromatic heterocycles. The highest BCUT2D eigenvalue weighted by Crippen LogP contribution is 2.35. The maximum Gasteiger partial charge on any atom is 0.295 e. The number of para-hydroxylation sites is 1. The lowest BCUT2D eigenvalue weighted by Crippen LogP contribution is -2.36. The van der Waals surface area contributed by atoms with Gasteiger partial charge < -0.3 is 14.4 Å². The third kappa shape index (κ3) is 2.81. The average molecular weight is 353 g/mol. The van der Waals surface area contributed by atoms with E-state index in [1.165, 1.54) is 4.90 Å². The van der Waals surface area contributed by atoms with Crippen LogP contribution in [0.25, 0.3) is 22.2 Å². The van der Waals surface area contributed by atoms with E-state index in [1.807, 2.05) is 52.0 Å². The molecule has 1 amide bonds. The molecule has 1 aromatic carbocycles. The Morgan fingerprint density at radius 2 is 1.85 bits per heavy atom. The molecule has 3 rings (SSSR count). The van der Waals surface area contributed by atoms with E-state index >= 15 is 0 Å². The summed E-state index contributed by atoms with van der Waals surface area (Å²) >= 11 is 0. The second-order valence-electron chi connectivity index (χ2n) is 6.14. The van der Waals surface area contributed by atoms with Gasteiger partial charge in [-0.25, -0.2) is 0 Å². The molecule has 0 unspecified atom stereocenters. The molecule has 26 heavy (non-hydrogen) atoms. The van der Waals surface area contributed by atoms with Crippen molar-refractivity contribution < 1.29 is 14.1 Å². The fourth-order valence-electron chi connectivity index (χ4n) is 3.31. The summed E-state index contributed by atoms with van der Waals surface area (Å²) < 4.78 is 5.35. The number of carbonyl (C=O) groups excluding carboxylic acids is 2. The van der Waals surface area contributed by atoms with Crippen LogP contribution >= 0.6 is 0 Å². The normalized spacial score (nSPS) is 11.1. The molecule has 0 atom stereocenters. The summed E-state index contributed by atoms with van der Waals surface area (Å²) in [7, 11) is 0. The molecule has 0 saturated heterocycles. The van der Waals surface area contributed by atoms with Crippen LogP contribution in [0.1, 0.15) is 42.6 Å². The SMILES string of the molecule is CCc1noc(C)c1-c1[nH]c2ccccc2c1C(=O)C(=O)N(CC)CC. The van der Waals surface area contributed by atoms with E-state index in [9.17, 15) is 9.59 Å². The summed E-state index contributed by atoms with van der Waals surface area (Å²) in [6.07, 6.45) is 0.666. The number of Topliss-reactive ketones (excluding diaryl/α,β-unsaturated/α-hetero) is 1. The third-order valence-corrected chi connectivity index (χ3v) is 4.70. The Morgan fingerprint density at radius 1 is 1.15 bits per heavy atom. The van der Waals surface area contributed by atoms with Crippen molar-refractivity contribution in [3.63, 3.8) is 0 Å². The number of nitrogens with zero attached hydrogens (tertiary/aromatic N) is 2. The van der Waals surface area contributed by atoms with Crippen LogP contribution in [0.4, 0.5) is 0 Å². The number of aryl methyl sites for hydroxylation is 2. The fourth-order valence-corrected chi connectivity index (χ4v) is 3.31. The number of likely N-dealkylation sites (N-methyl/N-ethyl adjacent to an activating group) is 1. The van der Waals surface area contributed by atoms with Crippen LogP contribution in [0.5, 0.6) is 0 Å². The van der Waals surface area contributed by atoms with E-state index in [4.69, 9.17) is 4.52 Å². The first-order valence-electron chi connectivity index (χ1n) is 8.93. The summed E-state index contributed by atoms with van der Waals surface area (Å²) in [6, 6.07) is 7.50. The maximum absolute atomic E-state index is 13.1. The minimum atomic E-state index is -0.510. The number of benzene rings is 1. The monoisotopic (exact) mass is 353 g/mol. The van der Waals surface area contributed by atoms with Gasteiger partial charge in [-0.3, -0.25) is 9.59 Å². The molecule has 0 saturated carbocycles. The van der Waals surface area contributed by atoms with Crippen molar-refractivity contribution in [2.24, 2.45) is 0 Å². The van der Waals surface area contributed by atoms with Gasteiger partial charge in [-0.2, -0.15) is 0 Å². The molecule has 2 heterocycles. The average Bonchev–Trinajstić information content (AvgIpc) is 3.21. The number of fused-ring (bicyclic) bond motifs is 1. The highest BCUT2D eigenvalue weighted by atomic mass is 16.5. The molecule has 6 heteroatoms. The Morgan fingerprint density at radius 3 is 2.50 bits per heavy atom. The van der Waals surface area contributed by atoms with Crippen molar-refractivity contribution in [2.45, 2.75) is 34.1 Å². The summed E-state index contributed by atoms with van der Waals surface area (Å²) in [5.41, 5.74) is 3.32. The molecule has 0 aliphatic carbocycles. The number of hydrogen-bond acceptors (Lipinski definition) is 4. The number of hydrogen-bond donors (Lipinski definition) is 1. The summed E-state index contributed by atoms with van der Waals surface area (Å²) in [5.74, 6) is -0.380. The zero-order valence-electron chi connectivity index (χ0n) is 15.5. The first-order chi connectivity index (χ1) is 12.5. The van der Waals surface area contributed by atoms with Gasteiger partial charge >= 0.3 is 0 Å². The summed E-state index contributed by atoms with van der Waals surface area (Å²) in [5, 5.41) is 4.82. The van der Waals surface area contributed by atoms with E-state index in [0.29, 0.717) is 36.5 Å². The lowest BCUT2D eigenvalue weighted by atomic mass is 9.99. The molecule has 0 spiro atoms. The molecule has 6 nitrogen and oxygen atoms in total. The second kappa shape index (κ2) is 7.15. The first-order valence-corrected chi connectivity index (χ1v) is 8.93. The van der Waals surface area contributed by atoms with E-state index in [0.717, 1.165) is 22.2 Å². The van der Waals surface area contributed by atoms with Crippen LogP contribution in [0.2, 0.25) is 0 Å². The van der Waals surface area contributed by atoms with Gasteiger partial charge in [-0.15, -0.1) is 0 Å². The first kappa shape index (κ1) is 17.9. The predicted octanol–water partition coefficient (Wildman–Crippen LogP) is 3.74. The third-order valence-electron chi connectivity index (χ3n) is 4.70. The lowest BCUT2D eigenvalue weighted by molar-refractivity contribution is -0.126. The molecule has 1 N–H and O–H groups in total. The van der Waals surface area contributed by atoms with Gasteiger partial charge in [0.25, 0.3) is 11.7 Å². The van der Waals surface area contributed by atoms with Crippen molar-refractivity contribution in [3.8, 4) is 11.3 Å². The van der Waals surface area contributed by atoms with Gasteiger partial charge in [-0.05, 0) is 33.3 Å². The van der Waals surface area contributed by atoms with Crippen molar-refractivity contribution in [1.82, 2.24) is 15.0 Å². The number of nitrogens with one attached hydrogen (secondary N) is 1. The van der Waals surface area contributed by atoms with Gasteiger partial charge in [0.15, 0.2) is 0 Å². The fraction of sp³-hybridized carbons (Fsp3) is 0.350. The summed E-state index contributed by atoms with van der Waals surface area (Å²) in [4.78, 5) is 30.7. The number of aromatic amines is 1. The Hall–Kier alpha value is -2.89. The molecule has 136 valence electrons. The molecule has 3 aromatic rings. The number of aromatic nitrogens is 2. The molecular formula is C20H23N3O3. The Kier molecular flexibility index (Phi) is 4.93. The number of carbonyl (C=O) groups is 2. The molecular weight excluding hydrogens is 330 g/mol. The van der Waals surface area contributed by atoms with Gasteiger partial charge in [0, 0.05) is 24.0 Å². The standard InChI is InChI=1S/C20H23N3O3/c1-5-14-16(12(4)26-22-14)18-17(13-10-8-9-11-15(13)21-18)19(24)20(25)23(6-2)7-3/h8-11,21H,5-7H2,1-4H3. The number of ketones is 1. The maximum atomic E-state index is 13.1. The van der Waals surface area contributed by atoms with Crippen LogP contribution in [-0.4, -0.2) is 39.8 Å². The minimum absolute atomic E-state index is 0.388. The van der Waals surface area contributed by atoms with Gasteiger partial charge in [0.1, 0.15) is 5.76 Å². The highest BCUT2D eigenvalue weighted by molar-refractivity contribution is 6.46. The lowest BCUT2D eigenvalue weighted by Gasteiger charge is -2.17. The van der Waals surface area contributed by atoms with Crippen LogP contribution in [0.3, 0.4) is 0 Å². The minimum Gasteiger partial charge on any atom is -0.361 e. The Balaban J connectivity index is 2.25. The van der Waals surface area contributed by atoms with E-state index in [-0.39, 0.29) is 0 Å². The molecule has 0 aliphatic heterocycles. The van der Waals surface area contributed by atoms with E-state index < -0.39 is 11.7 Å². The largest absolute Gasteiger partial charge is 0.361 e. The number of H-pyrrole nitrogens is 1. The van der Waals surface area contributed by atoms with Crippen LogP contribution < -0.4 is 0 Å². The molecule has 0 radical (unpaired) electrons. The van der Waals surface area contributed by atoms with E-state index in [2.05, 4.69) is 10.1 Å². The van der Waals surface area contributed by atoms with Crippen molar-refractivity contribution >= 4 is 22.6 Å². The topological polar surface area (TPSA) is 79.2 Å². The second-order valence-corrected chi connectivity index (χ2v) is 6.14. The van der Waals surface area contributed by atoms with E-state index in [1.54, 1.807) is 0 Å². The molecule has 0 aliphatic rings. The van der Waals surface area contributed by atoms with Crippen LogP contribution in [-0.2, 0) is 11.2 Å². The Bertz CT molecular complexity index is 964. The van der Waals surface area contributed by atoms with Crippen molar-refractivity contribution in [3.05, 3.63) is 41.3 Å². The zero-order valence-corrected chi connectivity index (χ0v) is 15.5. The van der Waals surface area contributed by atoms with Gasteiger partial charge in [-0.1, -0.05) is 30.3 Å². The quantitative estimate of drug-likeness (QED) is 0.541.